The second-order valence-corrected chi connectivity index (χ2v) is 4.11. The molecule has 0 radical (unpaired) electrons. The molecule has 0 aliphatic carbocycles. The minimum atomic E-state index is -1.08. The molecule has 0 aliphatic rings. The van der Waals surface area contributed by atoms with E-state index in [2.05, 4.69) is 20.3 Å². The molecule has 0 spiro atoms. The number of rotatable bonds is 3. The summed E-state index contributed by atoms with van der Waals surface area (Å²) in [4.78, 5) is 21.9. The first kappa shape index (κ1) is 10.4. The number of carboxylic acid groups (broad SMARTS) is 1. The lowest BCUT2D eigenvalue weighted by atomic mass is 10.2. The summed E-state index contributed by atoms with van der Waals surface area (Å²) >= 11 is 4.14. The summed E-state index contributed by atoms with van der Waals surface area (Å²) in [6, 6.07) is -0.970. The number of hydrogen-bond donors (Lipinski definition) is 3. The minimum Gasteiger partial charge on any atom is -0.480 e. The predicted octanol–water partition coefficient (Wildman–Crippen LogP) is 0.153. The van der Waals surface area contributed by atoms with E-state index in [-0.39, 0.29) is 12.0 Å². The van der Waals surface area contributed by atoms with Gasteiger partial charge < -0.3 is 10.8 Å². The number of hydrogen-bond acceptors (Lipinski definition) is 4. The van der Waals surface area contributed by atoms with Crippen LogP contribution in [0.4, 0.5) is 0 Å². The van der Waals surface area contributed by atoms with Crippen molar-refractivity contribution in [1.29, 1.82) is 0 Å². The number of H-pyrrole nitrogens is 1. The SMILES string of the molecule is N[C@H](Cc1s[nH]c(=O)c1Br)C(=O)O. The summed E-state index contributed by atoms with van der Waals surface area (Å²) in [5, 5.41) is 8.52. The van der Waals surface area contributed by atoms with Crippen LogP contribution in [0.2, 0.25) is 0 Å². The summed E-state index contributed by atoms with van der Waals surface area (Å²) in [5.41, 5.74) is 5.04. The molecule has 0 bridgehead atoms. The molecule has 0 fully saturated rings. The van der Waals surface area contributed by atoms with Crippen molar-refractivity contribution in [3.05, 3.63) is 19.7 Å². The van der Waals surface area contributed by atoms with Crippen molar-refractivity contribution in [1.82, 2.24) is 4.37 Å². The minimum absolute atomic E-state index is 0.152. The van der Waals surface area contributed by atoms with E-state index in [9.17, 15) is 9.59 Å². The third-order valence-corrected chi connectivity index (χ3v) is 3.44. The Hall–Kier alpha value is -0.660. The molecule has 1 aromatic rings. The first-order valence-electron chi connectivity index (χ1n) is 3.36. The Balaban J connectivity index is 2.80. The Bertz CT molecular complexity index is 372. The van der Waals surface area contributed by atoms with Gasteiger partial charge >= 0.3 is 5.97 Å². The summed E-state index contributed by atoms with van der Waals surface area (Å²) in [5.74, 6) is -1.08. The van der Waals surface area contributed by atoms with Gasteiger partial charge in [0.1, 0.15) is 6.04 Å². The number of nitrogens with two attached hydrogens (primary N) is 1. The van der Waals surface area contributed by atoms with Crippen LogP contribution in [0.15, 0.2) is 9.27 Å². The summed E-state index contributed by atoms with van der Waals surface area (Å²) < 4.78 is 2.84. The zero-order chi connectivity index (χ0) is 10.0. The highest BCUT2D eigenvalue weighted by atomic mass is 79.9. The Kier molecular flexibility index (Phi) is 3.23. The summed E-state index contributed by atoms with van der Waals surface area (Å²) in [7, 11) is 0. The highest BCUT2D eigenvalue weighted by molar-refractivity contribution is 9.10. The van der Waals surface area contributed by atoms with Gasteiger partial charge in [-0.25, -0.2) is 0 Å². The highest BCUT2D eigenvalue weighted by Gasteiger charge is 2.16. The van der Waals surface area contributed by atoms with Gasteiger partial charge in [-0.05, 0) is 15.9 Å². The van der Waals surface area contributed by atoms with Crippen LogP contribution >= 0.6 is 27.5 Å². The second-order valence-electron chi connectivity index (χ2n) is 2.42. The number of halogens is 1. The molecule has 0 amide bonds. The highest BCUT2D eigenvalue weighted by Crippen LogP contribution is 2.16. The smallest absolute Gasteiger partial charge is 0.320 e. The van der Waals surface area contributed by atoms with Crippen LogP contribution in [0.3, 0.4) is 0 Å². The van der Waals surface area contributed by atoms with Gasteiger partial charge in [0.15, 0.2) is 0 Å². The van der Waals surface area contributed by atoms with Gasteiger partial charge in [0, 0.05) is 11.3 Å². The van der Waals surface area contributed by atoms with Gasteiger partial charge in [0.25, 0.3) is 5.56 Å². The van der Waals surface area contributed by atoms with Crippen LogP contribution < -0.4 is 11.3 Å². The normalized spacial score (nSPS) is 12.8. The number of nitrogens with one attached hydrogen (secondary N) is 1. The van der Waals surface area contributed by atoms with Gasteiger partial charge in [0.05, 0.1) is 4.47 Å². The first-order valence-corrected chi connectivity index (χ1v) is 4.97. The average Bonchev–Trinajstić information content (AvgIpc) is 2.36. The second kappa shape index (κ2) is 4.03. The molecule has 7 heteroatoms. The number of carboxylic acids is 1. The van der Waals surface area contributed by atoms with Gasteiger partial charge in [-0.15, -0.1) is 0 Å². The molecule has 1 aromatic heterocycles. The molecule has 13 heavy (non-hydrogen) atoms. The zero-order valence-corrected chi connectivity index (χ0v) is 8.81. The van der Waals surface area contributed by atoms with Crippen molar-refractivity contribution in [2.45, 2.75) is 12.5 Å². The fourth-order valence-corrected chi connectivity index (χ4v) is 2.14. The van der Waals surface area contributed by atoms with Gasteiger partial charge in [-0.3, -0.25) is 14.0 Å². The van der Waals surface area contributed by atoms with Crippen LogP contribution in [-0.2, 0) is 11.2 Å². The van der Waals surface area contributed by atoms with E-state index in [0.717, 1.165) is 11.5 Å². The summed E-state index contributed by atoms with van der Waals surface area (Å²) in [6.07, 6.45) is 0.152. The lowest BCUT2D eigenvalue weighted by Crippen LogP contribution is -2.32. The maximum Gasteiger partial charge on any atom is 0.320 e. The van der Waals surface area contributed by atoms with Crippen LogP contribution in [0, 0.1) is 0 Å². The quantitative estimate of drug-likeness (QED) is 0.726. The van der Waals surface area contributed by atoms with E-state index in [4.69, 9.17) is 10.8 Å². The topological polar surface area (TPSA) is 96.2 Å². The van der Waals surface area contributed by atoms with Crippen LogP contribution in [0.25, 0.3) is 0 Å². The fourth-order valence-electron chi connectivity index (χ4n) is 0.743. The third kappa shape index (κ3) is 2.39. The Morgan fingerprint density at radius 2 is 2.38 bits per heavy atom. The molecule has 4 N–H and O–H groups in total. The molecule has 1 atom stereocenters. The van der Waals surface area contributed by atoms with Gasteiger partial charge in [-0.2, -0.15) is 0 Å². The number of carbonyl (C=O) groups is 1. The lowest BCUT2D eigenvalue weighted by Gasteiger charge is -2.02. The fraction of sp³-hybridized carbons (Fsp3) is 0.333. The van der Waals surface area contributed by atoms with Crippen molar-refractivity contribution < 1.29 is 9.90 Å². The molecular formula is C6H7BrN2O3S. The van der Waals surface area contributed by atoms with E-state index in [1.54, 1.807) is 0 Å². The molecule has 5 nitrogen and oxygen atoms in total. The average molecular weight is 267 g/mol. The Labute approximate surface area is 85.9 Å². The van der Waals surface area contributed by atoms with Crippen molar-refractivity contribution in [3.8, 4) is 0 Å². The van der Waals surface area contributed by atoms with Crippen molar-refractivity contribution in [2.24, 2.45) is 5.73 Å². The van der Waals surface area contributed by atoms with Gasteiger partial charge in [0.2, 0.25) is 0 Å². The van der Waals surface area contributed by atoms with Crippen molar-refractivity contribution in [3.63, 3.8) is 0 Å². The molecule has 0 unspecified atom stereocenters. The molecule has 72 valence electrons. The van der Waals surface area contributed by atoms with Crippen LogP contribution in [0.5, 0.6) is 0 Å². The monoisotopic (exact) mass is 266 g/mol. The van der Waals surface area contributed by atoms with Crippen LogP contribution in [0.1, 0.15) is 4.88 Å². The van der Waals surface area contributed by atoms with E-state index in [1.807, 2.05) is 0 Å². The number of aromatic nitrogens is 1. The largest absolute Gasteiger partial charge is 0.480 e. The molecule has 0 aliphatic heterocycles. The third-order valence-electron chi connectivity index (χ3n) is 1.43. The standard InChI is InChI=1S/C6H7BrN2O3S/c7-4-3(13-9-5(4)10)1-2(8)6(11)12/h2H,1,8H2,(H,9,10)(H,11,12)/t2-/m1/s1. The van der Waals surface area contributed by atoms with E-state index in [1.165, 1.54) is 0 Å². The van der Waals surface area contributed by atoms with Gasteiger partial charge in [-0.1, -0.05) is 11.5 Å². The molecule has 1 heterocycles. The van der Waals surface area contributed by atoms with E-state index in [0.29, 0.717) is 9.35 Å². The van der Waals surface area contributed by atoms with Crippen molar-refractivity contribution in [2.75, 3.05) is 0 Å². The molecular weight excluding hydrogens is 260 g/mol. The number of aliphatic carboxylic acids is 1. The Morgan fingerprint density at radius 1 is 1.77 bits per heavy atom. The van der Waals surface area contributed by atoms with Crippen molar-refractivity contribution >= 4 is 33.4 Å². The zero-order valence-electron chi connectivity index (χ0n) is 6.41. The Morgan fingerprint density at radius 3 is 2.77 bits per heavy atom. The maximum absolute atomic E-state index is 10.9. The molecule has 0 aromatic carbocycles. The maximum atomic E-state index is 10.9. The predicted molar refractivity (Wildman–Crippen MR) is 52.0 cm³/mol. The molecule has 1 rings (SSSR count). The van der Waals surface area contributed by atoms with E-state index >= 15 is 0 Å². The van der Waals surface area contributed by atoms with E-state index < -0.39 is 12.0 Å². The lowest BCUT2D eigenvalue weighted by molar-refractivity contribution is -0.138. The summed E-state index contributed by atoms with van der Waals surface area (Å²) in [6.45, 7) is 0. The first-order chi connectivity index (χ1) is 6.02. The molecule has 0 saturated carbocycles. The molecule has 0 saturated heterocycles. The van der Waals surface area contributed by atoms with Crippen LogP contribution in [-0.4, -0.2) is 21.5 Å². The number of aromatic amines is 1.